The van der Waals surface area contributed by atoms with Gasteiger partial charge in [-0.05, 0) is 37.2 Å². The highest BCUT2D eigenvalue weighted by atomic mass is 16.5. The Morgan fingerprint density at radius 3 is 2.30 bits per heavy atom. The summed E-state index contributed by atoms with van der Waals surface area (Å²) in [5.74, 6) is 0.968. The van der Waals surface area contributed by atoms with Crippen molar-refractivity contribution in [1.82, 2.24) is 10.2 Å². The minimum Gasteiger partial charge on any atom is -0.492 e. The number of aryl methyl sites for hydroxylation is 1. The number of likely N-dealkylation sites (N-methyl/N-ethyl adjacent to an activating group) is 1. The van der Waals surface area contributed by atoms with E-state index in [0.29, 0.717) is 0 Å². The van der Waals surface area contributed by atoms with Crippen LogP contribution in [0.15, 0.2) is 24.3 Å². The predicted octanol–water partition coefficient (Wildman–Crippen LogP) is 2.95. The van der Waals surface area contributed by atoms with Gasteiger partial charge in [-0.25, -0.2) is 0 Å². The number of hydrogen-bond donors (Lipinski definition) is 1. The van der Waals surface area contributed by atoms with Gasteiger partial charge < -0.3 is 15.0 Å². The predicted molar refractivity (Wildman–Crippen MR) is 86.6 cm³/mol. The van der Waals surface area contributed by atoms with Crippen molar-refractivity contribution in [3.8, 4) is 5.75 Å². The second kappa shape index (κ2) is 10.7. The molecule has 0 unspecified atom stereocenters. The Morgan fingerprint density at radius 1 is 1.00 bits per heavy atom. The molecule has 0 saturated heterocycles. The number of benzene rings is 1. The lowest BCUT2D eigenvalue weighted by Crippen LogP contribution is -2.33. The van der Waals surface area contributed by atoms with E-state index in [1.165, 1.54) is 12.0 Å². The lowest BCUT2D eigenvalue weighted by atomic mass is 10.1. The molecule has 20 heavy (non-hydrogen) atoms. The van der Waals surface area contributed by atoms with Crippen molar-refractivity contribution in [1.29, 1.82) is 0 Å². The van der Waals surface area contributed by atoms with Crippen LogP contribution in [0.2, 0.25) is 0 Å². The zero-order valence-electron chi connectivity index (χ0n) is 13.3. The summed E-state index contributed by atoms with van der Waals surface area (Å²) < 4.78 is 5.72. The lowest BCUT2D eigenvalue weighted by molar-refractivity contribution is 0.285. The molecule has 0 saturated carbocycles. The van der Waals surface area contributed by atoms with E-state index >= 15 is 0 Å². The monoisotopic (exact) mass is 278 g/mol. The lowest BCUT2D eigenvalue weighted by Gasteiger charge is -2.18. The van der Waals surface area contributed by atoms with Crippen molar-refractivity contribution in [2.24, 2.45) is 0 Å². The first-order valence-electron chi connectivity index (χ1n) is 7.94. The fourth-order valence-corrected chi connectivity index (χ4v) is 2.18. The van der Waals surface area contributed by atoms with E-state index < -0.39 is 0 Å². The van der Waals surface area contributed by atoms with Gasteiger partial charge in [-0.15, -0.1) is 0 Å². The molecule has 114 valence electrons. The average Bonchev–Trinajstić information content (AvgIpc) is 2.48. The van der Waals surface area contributed by atoms with Crippen LogP contribution in [0.5, 0.6) is 5.75 Å². The van der Waals surface area contributed by atoms with Crippen LogP contribution in [0.25, 0.3) is 0 Å². The summed E-state index contributed by atoms with van der Waals surface area (Å²) in [5, 5.41) is 3.42. The molecule has 1 rings (SSSR count). The fraction of sp³-hybridized carbons (Fsp3) is 0.647. The highest BCUT2D eigenvalue weighted by Gasteiger charge is 1.98. The molecule has 1 aromatic carbocycles. The van der Waals surface area contributed by atoms with Crippen molar-refractivity contribution >= 4 is 0 Å². The molecule has 1 N–H and O–H groups in total. The molecule has 3 heteroatoms. The van der Waals surface area contributed by atoms with Gasteiger partial charge in [-0.2, -0.15) is 0 Å². The fourth-order valence-electron chi connectivity index (χ4n) is 2.18. The van der Waals surface area contributed by atoms with Crippen molar-refractivity contribution in [2.45, 2.75) is 33.6 Å². The van der Waals surface area contributed by atoms with E-state index in [-0.39, 0.29) is 0 Å². The van der Waals surface area contributed by atoms with Gasteiger partial charge >= 0.3 is 0 Å². The van der Waals surface area contributed by atoms with Crippen LogP contribution in [0.4, 0.5) is 0 Å². The Hall–Kier alpha value is -1.06. The van der Waals surface area contributed by atoms with Crippen LogP contribution in [0, 0.1) is 0 Å². The molecule has 0 aliphatic rings. The third-order valence-electron chi connectivity index (χ3n) is 3.51. The maximum absolute atomic E-state index is 5.72. The van der Waals surface area contributed by atoms with E-state index in [1.54, 1.807) is 0 Å². The third-order valence-corrected chi connectivity index (χ3v) is 3.51. The largest absolute Gasteiger partial charge is 0.492 e. The van der Waals surface area contributed by atoms with E-state index in [1.807, 2.05) is 0 Å². The summed E-state index contributed by atoms with van der Waals surface area (Å²) in [7, 11) is 0. The van der Waals surface area contributed by atoms with Crippen LogP contribution in [0.1, 0.15) is 32.8 Å². The first-order valence-corrected chi connectivity index (χ1v) is 7.94. The van der Waals surface area contributed by atoms with Gasteiger partial charge in [-0.1, -0.05) is 39.3 Å². The maximum atomic E-state index is 5.72. The Morgan fingerprint density at radius 2 is 1.70 bits per heavy atom. The van der Waals surface area contributed by atoms with Gasteiger partial charge in [0.1, 0.15) is 12.4 Å². The van der Waals surface area contributed by atoms with E-state index in [4.69, 9.17) is 4.74 Å². The standard InChI is InChI=1S/C17H30N2O/c1-4-7-16-8-10-17(11-9-16)20-15-13-18-12-14-19(5-2)6-3/h8-11,18H,4-7,12-15H2,1-3H3. The van der Waals surface area contributed by atoms with Gasteiger partial charge in [0.25, 0.3) is 0 Å². The van der Waals surface area contributed by atoms with Gasteiger partial charge in [-0.3, -0.25) is 0 Å². The number of rotatable bonds is 11. The molecule has 0 fully saturated rings. The Labute approximate surface area is 124 Å². The molecule has 0 aromatic heterocycles. The minimum absolute atomic E-state index is 0.728. The Kier molecular flexibility index (Phi) is 9.09. The summed E-state index contributed by atoms with van der Waals surface area (Å²) >= 11 is 0. The number of ether oxygens (including phenoxy) is 1. The van der Waals surface area contributed by atoms with Gasteiger partial charge in [0.05, 0.1) is 0 Å². The molecule has 0 atom stereocenters. The number of nitrogens with zero attached hydrogens (tertiary/aromatic N) is 1. The zero-order chi connectivity index (χ0) is 14.6. The highest BCUT2D eigenvalue weighted by Crippen LogP contribution is 2.12. The molecule has 0 aliphatic heterocycles. The van der Waals surface area contributed by atoms with E-state index in [9.17, 15) is 0 Å². The van der Waals surface area contributed by atoms with Crippen molar-refractivity contribution in [3.05, 3.63) is 29.8 Å². The van der Waals surface area contributed by atoms with Crippen LogP contribution in [-0.4, -0.2) is 44.2 Å². The smallest absolute Gasteiger partial charge is 0.119 e. The summed E-state index contributed by atoms with van der Waals surface area (Å²) in [6, 6.07) is 8.46. The number of hydrogen-bond acceptors (Lipinski definition) is 3. The molecular weight excluding hydrogens is 248 g/mol. The van der Waals surface area contributed by atoms with Crippen LogP contribution in [0.3, 0.4) is 0 Å². The highest BCUT2D eigenvalue weighted by molar-refractivity contribution is 5.27. The summed E-state index contributed by atoms with van der Waals surface area (Å²) in [6.45, 7) is 12.6. The van der Waals surface area contributed by atoms with Gasteiger partial charge in [0.2, 0.25) is 0 Å². The van der Waals surface area contributed by atoms with Crippen LogP contribution < -0.4 is 10.1 Å². The second-order valence-corrected chi connectivity index (χ2v) is 5.02. The van der Waals surface area contributed by atoms with Crippen molar-refractivity contribution < 1.29 is 4.74 Å². The molecule has 0 radical (unpaired) electrons. The molecule has 0 bridgehead atoms. The van der Waals surface area contributed by atoms with Crippen molar-refractivity contribution in [2.75, 3.05) is 39.3 Å². The summed E-state index contributed by atoms with van der Waals surface area (Å²) in [4.78, 5) is 2.42. The summed E-state index contributed by atoms with van der Waals surface area (Å²) in [5.41, 5.74) is 1.39. The Bertz CT molecular complexity index is 333. The van der Waals surface area contributed by atoms with Gasteiger partial charge in [0, 0.05) is 19.6 Å². The third kappa shape index (κ3) is 6.92. The molecule has 0 aliphatic carbocycles. The normalized spacial score (nSPS) is 11.0. The van der Waals surface area contributed by atoms with Gasteiger partial charge in [0.15, 0.2) is 0 Å². The molecule has 0 spiro atoms. The van der Waals surface area contributed by atoms with E-state index in [2.05, 4.69) is 55.3 Å². The topological polar surface area (TPSA) is 24.5 Å². The molecule has 3 nitrogen and oxygen atoms in total. The Balaban J connectivity index is 2.09. The average molecular weight is 278 g/mol. The molecular formula is C17H30N2O. The maximum Gasteiger partial charge on any atom is 0.119 e. The minimum atomic E-state index is 0.728. The van der Waals surface area contributed by atoms with Crippen LogP contribution >= 0.6 is 0 Å². The number of nitrogens with one attached hydrogen (secondary N) is 1. The van der Waals surface area contributed by atoms with E-state index in [0.717, 1.165) is 51.5 Å². The quantitative estimate of drug-likeness (QED) is 0.630. The van der Waals surface area contributed by atoms with Crippen molar-refractivity contribution in [3.63, 3.8) is 0 Å². The molecule has 0 amide bonds. The molecule has 1 aromatic rings. The second-order valence-electron chi connectivity index (χ2n) is 5.02. The first kappa shape index (κ1) is 17.0. The summed E-state index contributed by atoms with van der Waals surface area (Å²) in [6.07, 6.45) is 2.34. The first-order chi connectivity index (χ1) is 9.80. The van der Waals surface area contributed by atoms with Crippen LogP contribution in [-0.2, 0) is 6.42 Å². The zero-order valence-corrected chi connectivity index (χ0v) is 13.3. The molecule has 0 heterocycles. The SMILES string of the molecule is CCCc1ccc(OCCNCCN(CC)CC)cc1.